The number of carbonyl (C=O) groups is 1. The van der Waals surface area contributed by atoms with Crippen LogP contribution in [0, 0.1) is 5.92 Å². The molecule has 0 aromatic heterocycles. The molecule has 0 saturated carbocycles. The summed E-state index contributed by atoms with van der Waals surface area (Å²) in [6, 6.07) is 12.0. The molecule has 6 nitrogen and oxygen atoms in total. The molecule has 0 radical (unpaired) electrons. The molecule has 2 aromatic carbocycles. The van der Waals surface area contributed by atoms with Crippen molar-refractivity contribution in [2.45, 2.75) is 18.6 Å². The highest BCUT2D eigenvalue weighted by atomic mass is 35.5. The van der Waals surface area contributed by atoms with Gasteiger partial charge >= 0.3 is 0 Å². The first-order chi connectivity index (χ1) is 14.8. The lowest BCUT2D eigenvalue weighted by Crippen LogP contribution is -2.46. The molecule has 0 unspecified atom stereocenters. The number of para-hydroxylation sites is 1. The van der Waals surface area contributed by atoms with E-state index < -0.39 is 15.9 Å². The lowest BCUT2D eigenvalue weighted by atomic mass is 9.99. The van der Waals surface area contributed by atoms with Gasteiger partial charge in [0, 0.05) is 28.7 Å². The number of ether oxygens (including phenoxy) is 1. The van der Waals surface area contributed by atoms with Crippen molar-refractivity contribution in [2.24, 2.45) is 5.92 Å². The van der Waals surface area contributed by atoms with Gasteiger partial charge in [-0.05, 0) is 37.1 Å². The van der Waals surface area contributed by atoms with Gasteiger partial charge in [0.15, 0.2) is 0 Å². The van der Waals surface area contributed by atoms with E-state index in [1.165, 1.54) is 4.31 Å². The molecule has 2 aromatic rings. The predicted molar refractivity (Wildman–Crippen MR) is 123 cm³/mol. The Morgan fingerprint density at radius 3 is 2.45 bits per heavy atom. The number of carbonyl (C=O) groups excluding carboxylic acids is 1. The third kappa shape index (κ3) is 6.49. The van der Waals surface area contributed by atoms with E-state index in [-0.39, 0.29) is 24.8 Å². The van der Waals surface area contributed by atoms with Crippen LogP contribution in [-0.2, 0) is 20.6 Å². The quantitative estimate of drug-likeness (QED) is 0.540. The molecule has 1 saturated heterocycles. The maximum absolute atomic E-state index is 12.9. The Morgan fingerprint density at radius 1 is 1.06 bits per heavy atom. The van der Waals surface area contributed by atoms with E-state index in [9.17, 15) is 13.2 Å². The van der Waals surface area contributed by atoms with Crippen molar-refractivity contribution < 1.29 is 17.9 Å². The van der Waals surface area contributed by atoms with Crippen molar-refractivity contribution in [2.75, 3.05) is 26.2 Å². The number of sulfonamides is 1. The number of hydrogen-bond donors (Lipinski definition) is 1. The van der Waals surface area contributed by atoms with Crippen LogP contribution >= 0.6 is 34.8 Å². The first-order valence-electron chi connectivity index (χ1n) is 9.83. The topological polar surface area (TPSA) is 75.7 Å². The third-order valence-corrected chi connectivity index (χ3v) is 7.82. The molecule has 1 fully saturated rings. The van der Waals surface area contributed by atoms with Crippen molar-refractivity contribution in [3.05, 3.63) is 63.1 Å². The van der Waals surface area contributed by atoms with Crippen LogP contribution in [0.2, 0.25) is 15.1 Å². The van der Waals surface area contributed by atoms with Gasteiger partial charge < -0.3 is 10.1 Å². The standard InChI is InChI=1S/C21H23Cl3N2O4S/c22-17-7-3-8-18(23)16(17)14-31(28,29)26-11-4-5-15(13-26)21(27)25-10-12-30-20-9-2-1-6-19(20)24/h1-3,6-9,15H,4-5,10-14H2,(H,25,27)/t15-/m1/s1. The van der Waals surface area contributed by atoms with Crippen LogP contribution in [0.25, 0.3) is 0 Å². The van der Waals surface area contributed by atoms with E-state index in [0.717, 1.165) is 0 Å². The maximum atomic E-state index is 12.9. The molecule has 1 aliphatic heterocycles. The summed E-state index contributed by atoms with van der Waals surface area (Å²) in [5.41, 5.74) is 0.370. The fraction of sp³-hybridized carbons (Fsp3) is 0.381. The molecular weight excluding hydrogens is 483 g/mol. The largest absolute Gasteiger partial charge is 0.490 e. The zero-order valence-corrected chi connectivity index (χ0v) is 19.8. The first kappa shape index (κ1) is 24.1. The van der Waals surface area contributed by atoms with Gasteiger partial charge in [0.05, 0.1) is 23.2 Å². The van der Waals surface area contributed by atoms with Crippen molar-refractivity contribution >= 4 is 50.7 Å². The Bertz CT molecular complexity index is 1010. The Morgan fingerprint density at radius 2 is 1.74 bits per heavy atom. The molecule has 168 valence electrons. The second-order valence-electron chi connectivity index (χ2n) is 7.22. The minimum Gasteiger partial charge on any atom is -0.490 e. The van der Waals surface area contributed by atoms with Crippen LogP contribution in [0.1, 0.15) is 18.4 Å². The van der Waals surface area contributed by atoms with E-state index in [0.29, 0.717) is 52.3 Å². The van der Waals surface area contributed by atoms with Gasteiger partial charge in [-0.2, -0.15) is 0 Å². The van der Waals surface area contributed by atoms with Gasteiger partial charge in [0.25, 0.3) is 0 Å². The SMILES string of the molecule is O=C(NCCOc1ccccc1Cl)[C@@H]1CCCN(S(=O)(=O)Cc2c(Cl)cccc2Cl)C1. The van der Waals surface area contributed by atoms with Gasteiger partial charge in [0.1, 0.15) is 12.4 Å². The second kappa shape index (κ2) is 10.9. The summed E-state index contributed by atoms with van der Waals surface area (Å²) in [6.45, 7) is 1.04. The van der Waals surface area contributed by atoms with Crippen LogP contribution in [-0.4, -0.2) is 44.9 Å². The molecule has 0 spiro atoms. The van der Waals surface area contributed by atoms with Crippen LogP contribution in [0.5, 0.6) is 5.75 Å². The summed E-state index contributed by atoms with van der Waals surface area (Å²) < 4.78 is 32.8. The van der Waals surface area contributed by atoms with Crippen LogP contribution < -0.4 is 10.1 Å². The fourth-order valence-electron chi connectivity index (χ4n) is 3.39. The molecule has 1 aliphatic rings. The third-order valence-electron chi connectivity index (χ3n) is 5.03. The first-order valence-corrected chi connectivity index (χ1v) is 12.6. The highest BCUT2D eigenvalue weighted by molar-refractivity contribution is 7.88. The number of rotatable bonds is 8. The number of nitrogens with one attached hydrogen (secondary N) is 1. The van der Waals surface area contributed by atoms with Gasteiger partial charge in [-0.1, -0.05) is 53.0 Å². The molecule has 3 rings (SSSR count). The molecule has 0 bridgehead atoms. The van der Waals surface area contributed by atoms with E-state index in [4.69, 9.17) is 39.5 Å². The zero-order chi connectivity index (χ0) is 22.4. The Hall–Kier alpha value is -1.51. The summed E-state index contributed by atoms with van der Waals surface area (Å²) in [5.74, 6) is -0.374. The lowest BCUT2D eigenvalue weighted by molar-refractivity contribution is -0.126. The summed E-state index contributed by atoms with van der Waals surface area (Å²) >= 11 is 18.3. The number of amides is 1. The van der Waals surface area contributed by atoms with Gasteiger partial charge in [-0.25, -0.2) is 12.7 Å². The summed E-state index contributed by atoms with van der Waals surface area (Å²) in [7, 11) is -3.67. The highest BCUT2D eigenvalue weighted by Crippen LogP contribution is 2.29. The number of nitrogens with zero attached hydrogens (tertiary/aromatic N) is 1. The van der Waals surface area contributed by atoms with Crippen molar-refractivity contribution in [1.82, 2.24) is 9.62 Å². The van der Waals surface area contributed by atoms with Crippen molar-refractivity contribution in [3.8, 4) is 5.75 Å². The molecular formula is C21H23Cl3N2O4S. The molecule has 0 aliphatic carbocycles. The molecule has 1 heterocycles. The lowest BCUT2D eigenvalue weighted by Gasteiger charge is -2.31. The minimum absolute atomic E-state index is 0.127. The smallest absolute Gasteiger partial charge is 0.224 e. The van der Waals surface area contributed by atoms with E-state index in [1.807, 2.05) is 6.07 Å². The van der Waals surface area contributed by atoms with Crippen LogP contribution in [0.4, 0.5) is 0 Å². The Balaban J connectivity index is 1.53. The Kier molecular flexibility index (Phi) is 8.47. The minimum atomic E-state index is -3.67. The highest BCUT2D eigenvalue weighted by Gasteiger charge is 2.33. The predicted octanol–water partition coefficient (Wildman–Crippen LogP) is 4.38. The van der Waals surface area contributed by atoms with E-state index in [1.54, 1.807) is 36.4 Å². The summed E-state index contributed by atoms with van der Waals surface area (Å²) in [5, 5.41) is 3.92. The van der Waals surface area contributed by atoms with Crippen molar-refractivity contribution in [1.29, 1.82) is 0 Å². The molecule has 1 N–H and O–H groups in total. The van der Waals surface area contributed by atoms with Crippen molar-refractivity contribution in [3.63, 3.8) is 0 Å². The molecule has 31 heavy (non-hydrogen) atoms. The fourth-order valence-corrected chi connectivity index (χ4v) is 5.95. The summed E-state index contributed by atoms with van der Waals surface area (Å²) in [6.07, 6.45) is 1.22. The average Bonchev–Trinajstić information content (AvgIpc) is 2.75. The number of piperidine rings is 1. The number of halogens is 3. The molecule has 10 heteroatoms. The molecule has 1 atom stereocenters. The van der Waals surface area contributed by atoms with Gasteiger partial charge in [0.2, 0.25) is 15.9 Å². The van der Waals surface area contributed by atoms with Gasteiger partial charge in [-0.15, -0.1) is 0 Å². The Labute approximate surface area is 197 Å². The monoisotopic (exact) mass is 504 g/mol. The second-order valence-corrected chi connectivity index (χ2v) is 10.4. The zero-order valence-electron chi connectivity index (χ0n) is 16.7. The molecule has 1 amide bonds. The van der Waals surface area contributed by atoms with E-state index in [2.05, 4.69) is 5.32 Å². The normalized spacial score (nSPS) is 17.3. The average molecular weight is 506 g/mol. The van der Waals surface area contributed by atoms with Crippen LogP contribution in [0.15, 0.2) is 42.5 Å². The number of benzene rings is 2. The van der Waals surface area contributed by atoms with Crippen LogP contribution in [0.3, 0.4) is 0 Å². The maximum Gasteiger partial charge on any atom is 0.224 e. The van der Waals surface area contributed by atoms with E-state index >= 15 is 0 Å². The number of hydrogen-bond acceptors (Lipinski definition) is 4. The summed E-state index contributed by atoms with van der Waals surface area (Å²) in [4.78, 5) is 12.6. The van der Waals surface area contributed by atoms with Gasteiger partial charge in [-0.3, -0.25) is 4.79 Å².